The summed E-state index contributed by atoms with van der Waals surface area (Å²) in [6.45, 7) is 5.04. The molecule has 8 heavy (non-hydrogen) atoms. The summed E-state index contributed by atoms with van der Waals surface area (Å²) in [7, 11) is 0. The second-order valence-electron chi connectivity index (χ2n) is 1.16. The second-order valence-corrected chi connectivity index (χ2v) is 1.48. The number of nitrogens with zero attached hydrogens (tertiary/aromatic N) is 1. The van der Waals surface area contributed by atoms with Crippen molar-refractivity contribution in [3.8, 4) is 0 Å². The van der Waals surface area contributed by atoms with Crippen molar-refractivity contribution in [2.24, 2.45) is 4.99 Å². The highest BCUT2D eigenvalue weighted by Crippen LogP contribution is 1.87. The minimum atomic E-state index is 0.259. The van der Waals surface area contributed by atoms with Crippen LogP contribution in [-0.2, 0) is 4.74 Å². The average Bonchev–Trinajstić information content (AvgIpc) is 1.68. The number of ether oxygens (including phenoxy) is 1. The van der Waals surface area contributed by atoms with Gasteiger partial charge in [-0.15, -0.1) is 0 Å². The molecule has 0 fully saturated rings. The van der Waals surface area contributed by atoms with Crippen LogP contribution in [0.3, 0.4) is 0 Å². The number of hydrogen-bond donors (Lipinski definition) is 0. The maximum absolute atomic E-state index is 5.41. The zero-order valence-electron chi connectivity index (χ0n) is 5.15. The molecular weight excluding hydrogens is 126 g/mol. The van der Waals surface area contributed by atoms with Gasteiger partial charge in [-0.2, -0.15) is 0 Å². The van der Waals surface area contributed by atoms with Gasteiger partial charge in [-0.05, 0) is 25.4 Å². The third-order valence-electron chi connectivity index (χ3n) is 0.546. The van der Waals surface area contributed by atoms with Crippen LogP contribution < -0.4 is 0 Å². The second kappa shape index (κ2) is 4.91. The van der Waals surface area contributed by atoms with Crippen molar-refractivity contribution in [2.45, 2.75) is 13.8 Å². The van der Waals surface area contributed by atoms with Gasteiger partial charge in [-0.25, -0.2) is 4.99 Å². The van der Waals surface area contributed by atoms with Crippen molar-refractivity contribution in [3.05, 3.63) is 0 Å². The van der Waals surface area contributed by atoms with Crippen LogP contribution in [0.5, 0.6) is 0 Å². The number of rotatable bonds is 2. The van der Waals surface area contributed by atoms with E-state index in [0.717, 1.165) is 0 Å². The molecule has 0 aliphatic carbocycles. The zero-order chi connectivity index (χ0) is 6.41. The Hall–Kier alpha value is -0.240. The summed E-state index contributed by atoms with van der Waals surface area (Å²) < 4.78 is 4.80. The Balaban J connectivity index is 3.29. The molecule has 0 unspecified atom stereocenters. The van der Waals surface area contributed by atoms with Gasteiger partial charge in [0, 0.05) is 6.54 Å². The molecular formula is C5H10ClNO. The molecule has 0 saturated carbocycles. The maximum Gasteiger partial charge on any atom is 0.282 e. The fraction of sp³-hybridized carbons (Fsp3) is 0.800. The number of aliphatic imine (C=N–C) groups is 1. The van der Waals surface area contributed by atoms with Crippen LogP contribution in [0.1, 0.15) is 13.8 Å². The summed E-state index contributed by atoms with van der Waals surface area (Å²) in [6, 6.07) is 0. The van der Waals surface area contributed by atoms with Gasteiger partial charge >= 0.3 is 0 Å². The third-order valence-corrected chi connectivity index (χ3v) is 0.774. The lowest BCUT2D eigenvalue weighted by Gasteiger charge is -1.95. The highest BCUT2D eigenvalue weighted by molar-refractivity contribution is 6.62. The van der Waals surface area contributed by atoms with Gasteiger partial charge in [0.1, 0.15) is 0 Å². The summed E-state index contributed by atoms with van der Waals surface area (Å²) >= 11 is 5.41. The van der Waals surface area contributed by atoms with Gasteiger partial charge in [-0.1, -0.05) is 0 Å². The third kappa shape index (κ3) is 3.93. The molecule has 48 valence electrons. The standard InChI is InChI=1S/C5H10ClNO/c1-3-7-5(6)8-4-2/h3-4H2,1-2H3. The predicted octanol–water partition coefficient (Wildman–Crippen LogP) is 1.64. The van der Waals surface area contributed by atoms with E-state index in [0.29, 0.717) is 13.2 Å². The average molecular weight is 136 g/mol. The Kier molecular flexibility index (Phi) is 4.76. The van der Waals surface area contributed by atoms with Crippen molar-refractivity contribution in [1.82, 2.24) is 0 Å². The van der Waals surface area contributed by atoms with Crippen molar-refractivity contribution in [1.29, 1.82) is 0 Å². The fourth-order valence-electron chi connectivity index (χ4n) is 0.289. The highest BCUT2D eigenvalue weighted by atomic mass is 35.5. The smallest absolute Gasteiger partial charge is 0.282 e. The van der Waals surface area contributed by atoms with Crippen LogP contribution in [0.15, 0.2) is 4.99 Å². The fourth-order valence-corrected chi connectivity index (χ4v) is 0.518. The van der Waals surface area contributed by atoms with Gasteiger partial charge < -0.3 is 4.74 Å². The molecule has 0 radical (unpaired) electrons. The molecule has 0 N–H and O–H groups in total. The lowest BCUT2D eigenvalue weighted by molar-refractivity contribution is 0.335. The Labute approximate surface area is 54.5 Å². The normalized spacial score (nSPS) is 11.6. The molecule has 3 heteroatoms. The van der Waals surface area contributed by atoms with E-state index in [4.69, 9.17) is 16.3 Å². The first-order valence-electron chi connectivity index (χ1n) is 2.64. The molecule has 0 saturated heterocycles. The summed E-state index contributed by atoms with van der Waals surface area (Å²) in [6.07, 6.45) is 0. The van der Waals surface area contributed by atoms with Crippen molar-refractivity contribution >= 4 is 17.0 Å². The van der Waals surface area contributed by atoms with Gasteiger partial charge in [-0.3, -0.25) is 0 Å². The molecule has 0 atom stereocenters. The van der Waals surface area contributed by atoms with E-state index in [-0.39, 0.29) is 5.36 Å². The van der Waals surface area contributed by atoms with Crippen LogP contribution in [-0.4, -0.2) is 18.5 Å². The quantitative estimate of drug-likeness (QED) is 0.417. The van der Waals surface area contributed by atoms with Crippen LogP contribution in [0.25, 0.3) is 0 Å². The van der Waals surface area contributed by atoms with Crippen LogP contribution in [0.2, 0.25) is 0 Å². The Bertz CT molecular complexity index is 82.5. The summed E-state index contributed by atoms with van der Waals surface area (Å²) in [4.78, 5) is 3.77. The minimum absolute atomic E-state index is 0.259. The molecule has 0 aromatic carbocycles. The molecule has 0 spiro atoms. The molecule has 0 bridgehead atoms. The molecule has 0 aliphatic rings. The largest absolute Gasteiger partial charge is 0.470 e. The van der Waals surface area contributed by atoms with E-state index in [1.54, 1.807) is 0 Å². The first kappa shape index (κ1) is 7.76. The van der Waals surface area contributed by atoms with Crippen LogP contribution in [0.4, 0.5) is 0 Å². The first-order valence-corrected chi connectivity index (χ1v) is 3.01. The molecule has 2 nitrogen and oxygen atoms in total. The summed E-state index contributed by atoms with van der Waals surface area (Å²) in [5.74, 6) is 0. The van der Waals surface area contributed by atoms with E-state index in [1.165, 1.54) is 0 Å². The summed E-state index contributed by atoms with van der Waals surface area (Å²) in [5, 5.41) is 0.259. The molecule has 0 amide bonds. The topological polar surface area (TPSA) is 21.6 Å². The monoisotopic (exact) mass is 135 g/mol. The van der Waals surface area contributed by atoms with Crippen LogP contribution in [0, 0.1) is 0 Å². The van der Waals surface area contributed by atoms with Crippen molar-refractivity contribution < 1.29 is 4.74 Å². The molecule has 0 rings (SSSR count). The van der Waals surface area contributed by atoms with Gasteiger partial charge in [0.25, 0.3) is 5.36 Å². The van der Waals surface area contributed by atoms with E-state index in [1.807, 2.05) is 13.8 Å². The highest BCUT2D eigenvalue weighted by Gasteiger charge is 1.86. The number of halogens is 1. The van der Waals surface area contributed by atoms with Crippen LogP contribution >= 0.6 is 11.6 Å². The van der Waals surface area contributed by atoms with Crippen molar-refractivity contribution in [2.75, 3.05) is 13.2 Å². The van der Waals surface area contributed by atoms with E-state index >= 15 is 0 Å². The van der Waals surface area contributed by atoms with Crippen molar-refractivity contribution in [3.63, 3.8) is 0 Å². The van der Waals surface area contributed by atoms with E-state index < -0.39 is 0 Å². The van der Waals surface area contributed by atoms with Gasteiger partial charge in [0.2, 0.25) is 0 Å². The Morgan fingerprint density at radius 2 is 2.25 bits per heavy atom. The van der Waals surface area contributed by atoms with Gasteiger partial charge in [0.15, 0.2) is 0 Å². The number of hydrogen-bond acceptors (Lipinski definition) is 2. The lowest BCUT2D eigenvalue weighted by Crippen LogP contribution is -1.95. The lowest BCUT2D eigenvalue weighted by atomic mass is 10.8. The van der Waals surface area contributed by atoms with E-state index in [9.17, 15) is 0 Å². The minimum Gasteiger partial charge on any atom is -0.470 e. The molecule has 0 aliphatic heterocycles. The maximum atomic E-state index is 5.41. The summed E-state index contributed by atoms with van der Waals surface area (Å²) in [5.41, 5.74) is 0. The Morgan fingerprint density at radius 3 is 2.62 bits per heavy atom. The van der Waals surface area contributed by atoms with E-state index in [2.05, 4.69) is 4.99 Å². The Morgan fingerprint density at radius 1 is 1.62 bits per heavy atom. The molecule has 0 aromatic heterocycles. The van der Waals surface area contributed by atoms with Gasteiger partial charge in [0.05, 0.1) is 6.61 Å². The SMILES string of the molecule is CCN=C(Cl)OCC. The predicted molar refractivity (Wildman–Crippen MR) is 35.5 cm³/mol. The zero-order valence-corrected chi connectivity index (χ0v) is 5.90. The molecule has 0 aromatic rings. The first-order chi connectivity index (χ1) is 3.81. The molecule has 0 heterocycles.